The van der Waals surface area contributed by atoms with E-state index in [2.05, 4.69) is 39.4 Å². The van der Waals surface area contributed by atoms with Crippen LogP contribution in [0.2, 0.25) is 0 Å². The quantitative estimate of drug-likeness (QED) is 0.392. The van der Waals surface area contributed by atoms with Crippen LogP contribution in [0, 0.1) is 20.8 Å². The van der Waals surface area contributed by atoms with E-state index < -0.39 is 10.0 Å². The first-order chi connectivity index (χ1) is 17.3. The number of hydrogen-bond acceptors (Lipinski definition) is 6. The van der Waals surface area contributed by atoms with Crippen molar-refractivity contribution in [3.63, 3.8) is 0 Å². The van der Waals surface area contributed by atoms with Gasteiger partial charge in [0.2, 0.25) is 10.0 Å². The van der Waals surface area contributed by atoms with Crippen molar-refractivity contribution in [2.75, 3.05) is 38.2 Å². The molecular weight excluding hydrogens is 472 g/mol. The molecule has 0 N–H and O–H groups in total. The molecule has 0 bridgehead atoms. The highest BCUT2D eigenvalue weighted by atomic mass is 32.2. The van der Waals surface area contributed by atoms with Crippen LogP contribution in [0.3, 0.4) is 0 Å². The molecule has 5 rings (SSSR count). The summed E-state index contributed by atoms with van der Waals surface area (Å²) in [5.41, 5.74) is 4.27. The molecule has 0 atom stereocenters. The Morgan fingerprint density at radius 3 is 2.25 bits per heavy atom. The van der Waals surface area contributed by atoms with Crippen LogP contribution in [-0.2, 0) is 10.0 Å². The number of piperazine rings is 1. The van der Waals surface area contributed by atoms with E-state index >= 15 is 0 Å². The van der Waals surface area contributed by atoms with E-state index in [1.165, 1.54) is 0 Å². The van der Waals surface area contributed by atoms with Gasteiger partial charge in [0.1, 0.15) is 5.75 Å². The average Bonchev–Trinajstić information content (AvgIpc) is 2.91. The molecule has 0 unspecified atom stereocenters. The molecule has 0 spiro atoms. The molecule has 7 nitrogen and oxygen atoms in total. The van der Waals surface area contributed by atoms with Crippen LogP contribution in [-0.4, -0.2) is 56.2 Å². The van der Waals surface area contributed by atoms with Gasteiger partial charge in [-0.1, -0.05) is 42.5 Å². The summed E-state index contributed by atoms with van der Waals surface area (Å²) in [5, 5.41) is 11.3. The molecule has 1 aliphatic rings. The minimum atomic E-state index is -3.62. The Balaban J connectivity index is 1.33. The molecule has 1 saturated heterocycles. The number of aromatic nitrogens is 2. The normalized spacial score (nSPS) is 14.8. The largest absolute Gasteiger partial charge is 0.496 e. The van der Waals surface area contributed by atoms with Gasteiger partial charge in [0, 0.05) is 31.7 Å². The third kappa shape index (κ3) is 4.20. The van der Waals surface area contributed by atoms with E-state index in [-0.39, 0.29) is 0 Å². The third-order valence-corrected chi connectivity index (χ3v) is 9.10. The van der Waals surface area contributed by atoms with Crippen LogP contribution in [0.15, 0.2) is 65.6 Å². The van der Waals surface area contributed by atoms with Crippen molar-refractivity contribution >= 4 is 26.6 Å². The van der Waals surface area contributed by atoms with Gasteiger partial charge in [-0.3, -0.25) is 0 Å². The monoisotopic (exact) mass is 502 g/mol. The molecule has 0 amide bonds. The first-order valence-corrected chi connectivity index (χ1v) is 13.5. The Morgan fingerprint density at radius 1 is 0.833 bits per heavy atom. The predicted molar refractivity (Wildman–Crippen MR) is 143 cm³/mol. The molecule has 2 heterocycles. The van der Waals surface area contributed by atoms with E-state index in [4.69, 9.17) is 4.74 Å². The van der Waals surface area contributed by atoms with Crippen molar-refractivity contribution in [3.8, 4) is 17.0 Å². The van der Waals surface area contributed by atoms with Crippen LogP contribution in [0.1, 0.15) is 16.7 Å². The Hall–Kier alpha value is -3.49. The Kier molecular flexibility index (Phi) is 6.40. The molecule has 36 heavy (non-hydrogen) atoms. The van der Waals surface area contributed by atoms with Crippen LogP contribution in [0.4, 0.5) is 5.82 Å². The summed E-state index contributed by atoms with van der Waals surface area (Å²) in [6.45, 7) is 7.50. The molecule has 0 aliphatic carbocycles. The molecule has 186 valence electrons. The second-order valence-electron chi connectivity index (χ2n) is 9.17. The number of benzene rings is 3. The smallest absolute Gasteiger partial charge is 0.243 e. The molecule has 1 aromatic heterocycles. The number of methoxy groups -OCH3 is 1. The topological polar surface area (TPSA) is 75.6 Å². The summed E-state index contributed by atoms with van der Waals surface area (Å²) >= 11 is 0. The van der Waals surface area contributed by atoms with Crippen LogP contribution >= 0.6 is 0 Å². The van der Waals surface area contributed by atoms with Crippen molar-refractivity contribution in [1.29, 1.82) is 0 Å². The zero-order valence-corrected chi connectivity index (χ0v) is 21.8. The van der Waals surface area contributed by atoms with E-state index in [1.54, 1.807) is 17.5 Å². The minimum Gasteiger partial charge on any atom is -0.496 e. The first-order valence-electron chi connectivity index (χ1n) is 12.0. The first kappa shape index (κ1) is 24.2. The van der Waals surface area contributed by atoms with Crippen LogP contribution in [0.5, 0.6) is 5.75 Å². The summed E-state index contributed by atoms with van der Waals surface area (Å²) in [4.78, 5) is 2.44. The fourth-order valence-corrected chi connectivity index (χ4v) is 6.77. The number of anilines is 1. The number of fused-ring (bicyclic) bond motifs is 1. The summed E-state index contributed by atoms with van der Waals surface area (Å²) in [6.07, 6.45) is 0. The Labute approximate surface area is 212 Å². The lowest BCUT2D eigenvalue weighted by molar-refractivity contribution is 0.382. The van der Waals surface area contributed by atoms with Gasteiger partial charge >= 0.3 is 0 Å². The SMILES string of the molecule is COc1c(C)cc(S(=O)(=O)N2CCN(c3ccc(-c4cccc5ccccc45)nn3)CC2)c(C)c1C. The Bertz CT molecular complexity index is 1520. The number of rotatable bonds is 5. The molecular formula is C28H30N4O3S. The summed E-state index contributed by atoms with van der Waals surface area (Å²) in [7, 11) is -2.01. The zero-order valence-electron chi connectivity index (χ0n) is 21.0. The minimum absolute atomic E-state index is 0.353. The number of hydrogen-bond donors (Lipinski definition) is 0. The van der Waals surface area contributed by atoms with Gasteiger partial charge in [-0.15, -0.1) is 10.2 Å². The molecule has 1 fully saturated rings. The van der Waals surface area contributed by atoms with Gasteiger partial charge in [-0.05, 0) is 66.4 Å². The second kappa shape index (κ2) is 9.52. The van der Waals surface area contributed by atoms with Crippen molar-refractivity contribution < 1.29 is 13.2 Å². The number of aryl methyl sites for hydroxylation is 1. The van der Waals surface area contributed by atoms with E-state index in [1.807, 2.05) is 51.1 Å². The predicted octanol–water partition coefficient (Wildman–Crippen LogP) is 4.74. The maximum atomic E-state index is 13.5. The highest BCUT2D eigenvalue weighted by molar-refractivity contribution is 7.89. The second-order valence-corrected chi connectivity index (χ2v) is 11.1. The lowest BCUT2D eigenvalue weighted by Gasteiger charge is -2.35. The summed E-state index contributed by atoms with van der Waals surface area (Å²) in [6, 6.07) is 20.1. The van der Waals surface area contributed by atoms with Gasteiger partial charge in [0.25, 0.3) is 0 Å². The summed E-state index contributed by atoms with van der Waals surface area (Å²) in [5.74, 6) is 1.49. The zero-order chi connectivity index (χ0) is 25.4. The fraction of sp³-hybridized carbons (Fsp3) is 0.286. The van der Waals surface area contributed by atoms with Crippen molar-refractivity contribution in [2.45, 2.75) is 25.7 Å². The van der Waals surface area contributed by atoms with Gasteiger partial charge in [0.05, 0.1) is 17.7 Å². The number of sulfonamides is 1. The van der Waals surface area contributed by atoms with E-state index in [0.29, 0.717) is 31.1 Å². The maximum absolute atomic E-state index is 13.5. The molecule has 0 saturated carbocycles. The molecule has 0 radical (unpaired) electrons. The molecule has 4 aromatic rings. The van der Waals surface area contributed by atoms with E-state index in [9.17, 15) is 8.42 Å². The lowest BCUT2D eigenvalue weighted by atomic mass is 10.0. The highest BCUT2D eigenvalue weighted by Crippen LogP contribution is 2.33. The third-order valence-electron chi connectivity index (χ3n) is 7.08. The standard InChI is InChI=1S/C28H30N4O3S/c1-19-18-26(20(2)21(3)28(19)35-4)36(33,34)32-16-14-31(15-17-32)27-13-12-25(29-30-27)24-11-7-9-22-8-5-6-10-23(22)24/h5-13,18H,14-17H2,1-4H3. The van der Waals surface area contributed by atoms with Crippen LogP contribution in [0.25, 0.3) is 22.0 Å². The molecule has 8 heteroatoms. The van der Waals surface area contributed by atoms with Crippen LogP contribution < -0.4 is 9.64 Å². The Morgan fingerprint density at radius 2 is 1.56 bits per heavy atom. The average molecular weight is 503 g/mol. The number of ether oxygens (including phenoxy) is 1. The van der Waals surface area contributed by atoms with Crippen molar-refractivity contribution in [2.24, 2.45) is 0 Å². The van der Waals surface area contributed by atoms with Gasteiger partial charge in [-0.2, -0.15) is 4.31 Å². The molecule has 3 aromatic carbocycles. The van der Waals surface area contributed by atoms with Crippen molar-refractivity contribution in [1.82, 2.24) is 14.5 Å². The maximum Gasteiger partial charge on any atom is 0.243 e. The van der Waals surface area contributed by atoms with Gasteiger partial charge in [0.15, 0.2) is 5.82 Å². The van der Waals surface area contributed by atoms with Gasteiger partial charge < -0.3 is 9.64 Å². The van der Waals surface area contributed by atoms with E-state index in [0.717, 1.165) is 50.3 Å². The number of nitrogens with zero attached hydrogens (tertiary/aromatic N) is 4. The highest BCUT2D eigenvalue weighted by Gasteiger charge is 2.31. The molecule has 1 aliphatic heterocycles. The van der Waals surface area contributed by atoms with Crippen molar-refractivity contribution in [3.05, 3.63) is 77.4 Å². The lowest BCUT2D eigenvalue weighted by Crippen LogP contribution is -2.49. The summed E-state index contributed by atoms with van der Waals surface area (Å²) < 4.78 is 34.0. The fourth-order valence-electron chi connectivity index (χ4n) is 4.99. The van der Waals surface area contributed by atoms with Gasteiger partial charge in [-0.25, -0.2) is 8.42 Å².